The van der Waals surface area contributed by atoms with Crippen molar-refractivity contribution in [2.75, 3.05) is 30.3 Å². The van der Waals surface area contributed by atoms with Crippen LogP contribution in [0, 0.1) is 0 Å². The normalized spacial score (nSPS) is 15.3. The molecule has 1 fully saturated rings. The molecule has 5 nitrogen and oxygen atoms in total. The van der Waals surface area contributed by atoms with Crippen LogP contribution in [0.25, 0.3) is 0 Å². The summed E-state index contributed by atoms with van der Waals surface area (Å²) in [7, 11) is 0. The number of likely N-dealkylation sites (tertiary alicyclic amines) is 1. The molecule has 0 atom stereocenters. The minimum atomic E-state index is 0.0390. The Labute approximate surface area is 157 Å². The molecule has 0 bridgehead atoms. The maximum Gasteiger partial charge on any atom is 0.224 e. The first-order chi connectivity index (χ1) is 12.7. The van der Waals surface area contributed by atoms with Crippen molar-refractivity contribution < 1.29 is 9.59 Å². The molecule has 0 aromatic heterocycles. The summed E-state index contributed by atoms with van der Waals surface area (Å²) in [6.45, 7) is 5.43. The van der Waals surface area contributed by atoms with Gasteiger partial charge in [-0.2, -0.15) is 0 Å². The highest BCUT2D eigenvalue weighted by molar-refractivity contribution is 5.92. The van der Waals surface area contributed by atoms with Crippen molar-refractivity contribution in [1.29, 1.82) is 0 Å². The van der Waals surface area contributed by atoms with Gasteiger partial charge in [0.05, 0.1) is 0 Å². The first-order valence-corrected chi connectivity index (χ1v) is 10.1. The fourth-order valence-electron chi connectivity index (χ4n) is 3.24. The van der Waals surface area contributed by atoms with Crippen molar-refractivity contribution in [3.8, 4) is 0 Å². The van der Waals surface area contributed by atoms with E-state index in [0.717, 1.165) is 37.2 Å². The zero-order valence-corrected chi connectivity index (χ0v) is 16.1. The van der Waals surface area contributed by atoms with Crippen LogP contribution in [0.15, 0.2) is 24.3 Å². The number of nitrogens with zero attached hydrogens (tertiary/aromatic N) is 1. The first kappa shape index (κ1) is 20.4. The van der Waals surface area contributed by atoms with Crippen LogP contribution in [0.1, 0.15) is 64.7 Å². The third kappa shape index (κ3) is 8.00. The second-order valence-corrected chi connectivity index (χ2v) is 7.14. The molecule has 1 aliphatic rings. The molecule has 5 heteroatoms. The first-order valence-electron chi connectivity index (χ1n) is 10.1. The number of amides is 2. The lowest BCUT2D eigenvalue weighted by Gasteiger charge is -2.19. The second kappa shape index (κ2) is 11.7. The fourth-order valence-corrected chi connectivity index (χ4v) is 3.24. The van der Waals surface area contributed by atoms with E-state index < -0.39 is 0 Å². The number of hydrogen-bond donors (Lipinski definition) is 2. The molecular formula is C21H33N3O2. The van der Waals surface area contributed by atoms with Gasteiger partial charge in [0.2, 0.25) is 11.8 Å². The van der Waals surface area contributed by atoms with Crippen molar-refractivity contribution in [2.45, 2.75) is 64.7 Å². The number of carbonyl (C=O) groups excluding carboxylic acids is 2. The van der Waals surface area contributed by atoms with Crippen LogP contribution in [0.3, 0.4) is 0 Å². The zero-order chi connectivity index (χ0) is 18.6. The summed E-state index contributed by atoms with van der Waals surface area (Å²) < 4.78 is 0. The Bertz CT molecular complexity index is 549. The number of anilines is 2. The average molecular weight is 360 g/mol. The fraction of sp³-hybridized carbons (Fsp3) is 0.619. The van der Waals surface area contributed by atoms with Gasteiger partial charge < -0.3 is 15.5 Å². The lowest BCUT2D eigenvalue weighted by molar-refractivity contribution is -0.117. The van der Waals surface area contributed by atoms with Gasteiger partial charge in [0.15, 0.2) is 0 Å². The van der Waals surface area contributed by atoms with Gasteiger partial charge in [-0.3, -0.25) is 9.59 Å². The predicted molar refractivity (Wildman–Crippen MR) is 107 cm³/mol. The van der Waals surface area contributed by atoms with Crippen molar-refractivity contribution >= 4 is 23.2 Å². The number of nitrogens with one attached hydrogen (secondary N) is 2. The molecule has 0 saturated carbocycles. The molecule has 144 valence electrons. The number of rotatable bonds is 9. The van der Waals surface area contributed by atoms with Crippen LogP contribution in [0.2, 0.25) is 0 Å². The predicted octanol–water partition coefficient (Wildman–Crippen LogP) is 4.41. The molecule has 0 unspecified atom stereocenters. The van der Waals surface area contributed by atoms with Gasteiger partial charge in [-0.25, -0.2) is 0 Å². The summed E-state index contributed by atoms with van der Waals surface area (Å²) in [5.74, 6) is 0.0942. The Balaban J connectivity index is 1.67. The molecule has 0 aliphatic carbocycles. The maximum atomic E-state index is 12.1. The van der Waals surface area contributed by atoms with Crippen LogP contribution >= 0.6 is 0 Å². The highest BCUT2D eigenvalue weighted by atomic mass is 16.2. The van der Waals surface area contributed by atoms with Crippen LogP contribution in [0.5, 0.6) is 0 Å². The molecule has 0 spiro atoms. The Hall–Kier alpha value is -1.88. The molecule has 1 heterocycles. The Morgan fingerprint density at radius 1 is 0.846 bits per heavy atom. The van der Waals surface area contributed by atoms with E-state index in [9.17, 15) is 9.59 Å². The molecule has 2 amide bonds. The Morgan fingerprint density at radius 2 is 1.35 bits per heavy atom. The molecular weight excluding hydrogens is 326 g/mol. The summed E-state index contributed by atoms with van der Waals surface area (Å²) >= 11 is 0. The van der Waals surface area contributed by atoms with Gasteiger partial charge in [-0.15, -0.1) is 0 Å². The van der Waals surface area contributed by atoms with E-state index in [-0.39, 0.29) is 11.8 Å². The molecule has 2 N–H and O–H groups in total. The second-order valence-electron chi connectivity index (χ2n) is 7.14. The van der Waals surface area contributed by atoms with Crippen LogP contribution in [-0.4, -0.2) is 36.3 Å². The molecule has 1 aromatic rings. The SMILES string of the molecule is CCCCC(=O)Nc1ccc(NC(=O)CCCN2CCCCCC2)cc1. The van der Waals surface area contributed by atoms with Gasteiger partial charge in [0.1, 0.15) is 0 Å². The number of benzene rings is 1. The molecule has 0 radical (unpaired) electrons. The van der Waals surface area contributed by atoms with E-state index in [1.54, 1.807) is 0 Å². The monoisotopic (exact) mass is 359 g/mol. The van der Waals surface area contributed by atoms with E-state index in [1.807, 2.05) is 24.3 Å². The molecule has 2 rings (SSSR count). The third-order valence-corrected chi connectivity index (χ3v) is 4.79. The van der Waals surface area contributed by atoms with E-state index in [4.69, 9.17) is 0 Å². The highest BCUT2D eigenvalue weighted by Gasteiger charge is 2.10. The van der Waals surface area contributed by atoms with Crippen LogP contribution in [0.4, 0.5) is 11.4 Å². The van der Waals surface area contributed by atoms with Crippen molar-refractivity contribution in [3.63, 3.8) is 0 Å². The van der Waals surface area contributed by atoms with Crippen molar-refractivity contribution in [3.05, 3.63) is 24.3 Å². The Morgan fingerprint density at radius 3 is 1.85 bits per heavy atom. The standard InChI is InChI=1S/C21H33N3O2/c1-2-3-9-20(25)22-18-11-13-19(14-12-18)23-21(26)10-8-17-24-15-6-4-5-7-16-24/h11-14H,2-10,15-17H2,1H3,(H,22,25)(H,23,26). The van der Waals surface area contributed by atoms with Crippen LogP contribution in [-0.2, 0) is 9.59 Å². The summed E-state index contributed by atoms with van der Waals surface area (Å²) in [6, 6.07) is 7.33. The van der Waals surface area contributed by atoms with Crippen molar-refractivity contribution in [1.82, 2.24) is 4.90 Å². The topological polar surface area (TPSA) is 61.4 Å². The minimum absolute atomic E-state index is 0.0390. The van der Waals surface area contributed by atoms with Gasteiger partial charge in [0.25, 0.3) is 0 Å². The lowest BCUT2D eigenvalue weighted by atomic mass is 10.2. The number of carbonyl (C=O) groups is 2. The smallest absolute Gasteiger partial charge is 0.224 e. The van der Waals surface area contributed by atoms with E-state index in [2.05, 4.69) is 22.5 Å². The largest absolute Gasteiger partial charge is 0.326 e. The highest BCUT2D eigenvalue weighted by Crippen LogP contribution is 2.15. The maximum absolute atomic E-state index is 12.1. The zero-order valence-electron chi connectivity index (χ0n) is 16.1. The average Bonchev–Trinajstić information content (AvgIpc) is 2.90. The molecule has 26 heavy (non-hydrogen) atoms. The number of unbranched alkanes of at least 4 members (excludes halogenated alkanes) is 1. The quantitative estimate of drug-likeness (QED) is 0.686. The summed E-state index contributed by atoms with van der Waals surface area (Å²) in [6.07, 6.45) is 9.15. The molecule has 1 aliphatic heterocycles. The van der Waals surface area contributed by atoms with Gasteiger partial charge in [0, 0.05) is 24.2 Å². The third-order valence-electron chi connectivity index (χ3n) is 4.79. The minimum Gasteiger partial charge on any atom is -0.326 e. The molecule has 1 aromatic carbocycles. The van der Waals surface area contributed by atoms with E-state index in [0.29, 0.717) is 12.8 Å². The lowest BCUT2D eigenvalue weighted by Crippen LogP contribution is -2.26. The molecule has 1 saturated heterocycles. The Kier molecular flexibility index (Phi) is 9.18. The van der Waals surface area contributed by atoms with E-state index in [1.165, 1.54) is 38.8 Å². The number of hydrogen-bond acceptors (Lipinski definition) is 3. The van der Waals surface area contributed by atoms with Gasteiger partial charge in [-0.05, 0) is 69.6 Å². The van der Waals surface area contributed by atoms with E-state index >= 15 is 0 Å². The van der Waals surface area contributed by atoms with Gasteiger partial charge >= 0.3 is 0 Å². The summed E-state index contributed by atoms with van der Waals surface area (Å²) in [4.78, 5) is 26.3. The van der Waals surface area contributed by atoms with Crippen LogP contribution < -0.4 is 10.6 Å². The van der Waals surface area contributed by atoms with Gasteiger partial charge in [-0.1, -0.05) is 26.2 Å². The van der Waals surface area contributed by atoms with Crippen molar-refractivity contribution in [2.24, 2.45) is 0 Å². The summed E-state index contributed by atoms with van der Waals surface area (Å²) in [5, 5.41) is 5.81. The summed E-state index contributed by atoms with van der Waals surface area (Å²) in [5.41, 5.74) is 1.54.